The number of thiophene rings is 1. The van der Waals surface area contributed by atoms with Crippen LogP contribution in [0.4, 0.5) is 5.69 Å². The molecule has 2 aromatic rings. The zero-order chi connectivity index (χ0) is 20.3. The number of fused-ring (bicyclic) bond motifs is 2. The Bertz CT molecular complexity index is 1050. The molecule has 4 rings (SSSR count). The minimum atomic E-state index is -3.59. The summed E-state index contributed by atoms with van der Waals surface area (Å²) in [6, 6.07) is 3.80. The largest absolute Gasteiger partial charge is 0.385 e. The van der Waals surface area contributed by atoms with Gasteiger partial charge in [-0.05, 0) is 80.7 Å². The molecule has 1 unspecified atom stereocenters. The van der Waals surface area contributed by atoms with E-state index in [0.29, 0.717) is 4.88 Å². The normalized spacial score (nSPS) is 17.9. The number of hydrogen-bond donors (Lipinski definition) is 4. The molecule has 0 radical (unpaired) electrons. The molecule has 1 heterocycles. The molecule has 1 aromatic carbocycles. The first-order valence-electron chi connectivity index (χ1n) is 9.47. The van der Waals surface area contributed by atoms with Crippen LogP contribution in [-0.4, -0.2) is 15.2 Å². The fourth-order valence-corrected chi connectivity index (χ4v) is 6.34. The van der Waals surface area contributed by atoms with Gasteiger partial charge in [0, 0.05) is 10.6 Å². The topological polar surface area (TPSA) is 116 Å². The molecule has 0 saturated heterocycles. The molecular weight excluding hydrogens is 394 g/mol. The number of nitrogens with two attached hydrogens (primary N) is 1. The van der Waals surface area contributed by atoms with Crippen LogP contribution in [0, 0.1) is 4.78 Å². The van der Waals surface area contributed by atoms with Crippen molar-refractivity contribution in [3.63, 3.8) is 0 Å². The van der Waals surface area contributed by atoms with Crippen molar-refractivity contribution in [3.8, 4) is 0 Å². The van der Waals surface area contributed by atoms with Gasteiger partial charge in [-0.2, -0.15) is 0 Å². The Morgan fingerprint density at radius 3 is 2.25 bits per heavy atom. The smallest absolute Gasteiger partial charge is 0.257 e. The van der Waals surface area contributed by atoms with Gasteiger partial charge in [0.15, 0.2) is 0 Å². The van der Waals surface area contributed by atoms with E-state index >= 15 is 0 Å². The van der Waals surface area contributed by atoms with Gasteiger partial charge in [0.25, 0.3) is 5.91 Å². The number of anilines is 1. The van der Waals surface area contributed by atoms with Crippen molar-refractivity contribution in [2.24, 2.45) is 5.14 Å². The van der Waals surface area contributed by atoms with Gasteiger partial charge >= 0.3 is 0 Å². The van der Waals surface area contributed by atoms with Crippen molar-refractivity contribution in [1.29, 1.82) is 4.78 Å². The molecule has 8 heteroatoms. The first-order chi connectivity index (χ1) is 13.1. The quantitative estimate of drug-likeness (QED) is 0.608. The van der Waals surface area contributed by atoms with E-state index in [9.17, 15) is 14.1 Å². The van der Waals surface area contributed by atoms with Crippen LogP contribution in [0.15, 0.2) is 16.3 Å². The third-order valence-corrected chi connectivity index (χ3v) is 8.54. The molecule has 0 saturated carbocycles. The summed E-state index contributed by atoms with van der Waals surface area (Å²) in [6.07, 6.45) is 6.10. The van der Waals surface area contributed by atoms with E-state index in [1.165, 1.54) is 28.3 Å². The summed E-state index contributed by atoms with van der Waals surface area (Å²) >= 11 is 0.964. The number of amides is 1. The molecule has 0 bridgehead atoms. The van der Waals surface area contributed by atoms with Crippen LogP contribution >= 0.6 is 11.3 Å². The van der Waals surface area contributed by atoms with Crippen LogP contribution in [-0.2, 0) is 41.2 Å². The average Bonchev–Trinajstić information content (AvgIpc) is 3.31. The van der Waals surface area contributed by atoms with Gasteiger partial charge in [0.1, 0.15) is 14.1 Å². The Hall–Kier alpha value is -1.74. The third kappa shape index (κ3) is 3.39. The van der Waals surface area contributed by atoms with E-state index in [2.05, 4.69) is 11.4 Å². The zero-order valence-electron chi connectivity index (χ0n) is 16.1. The summed E-state index contributed by atoms with van der Waals surface area (Å²) in [5, 5.41) is 18.9. The fraction of sp³-hybridized carbons (Fsp3) is 0.450. The fourth-order valence-electron chi connectivity index (χ4n) is 4.21. The second kappa shape index (κ2) is 6.66. The van der Waals surface area contributed by atoms with Crippen molar-refractivity contribution < 1.29 is 14.1 Å². The van der Waals surface area contributed by atoms with Crippen LogP contribution in [0.25, 0.3) is 0 Å². The lowest BCUT2D eigenvalue weighted by Gasteiger charge is -2.16. The average molecular weight is 420 g/mol. The highest BCUT2D eigenvalue weighted by Gasteiger charge is 2.30. The Labute approximate surface area is 169 Å². The van der Waals surface area contributed by atoms with E-state index in [-0.39, 0.29) is 9.77 Å². The standard InChI is InChI=1S/C20H25N3O3S2/c1-20(2,25)16-10-15(19(27-16)28(21,22)26)18(24)23-17-13-7-3-5-11(13)9-12-6-4-8-14(12)17/h9-10,25H,3-8H2,1-2H3,(H,23,24)(H3,21,22,26). The van der Waals surface area contributed by atoms with Crippen LogP contribution in [0.1, 0.15) is 64.2 Å². The molecule has 0 spiro atoms. The number of carbonyl (C=O) groups is 1. The highest BCUT2D eigenvalue weighted by Crippen LogP contribution is 2.40. The number of nitrogens with one attached hydrogen (secondary N) is 2. The highest BCUT2D eigenvalue weighted by atomic mass is 32.2. The van der Waals surface area contributed by atoms with Crippen LogP contribution in [0.5, 0.6) is 0 Å². The van der Waals surface area contributed by atoms with E-state index < -0.39 is 21.4 Å². The Morgan fingerprint density at radius 1 is 1.18 bits per heavy atom. The van der Waals surface area contributed by atoms with Crippen molar-refractivity contribution in [3.05, 3.63) is 44.8 Å². The number of aryl methyl sites for hydroxylation is 2. The van der Waals surface area contributed by atoms with Crippen LogP contribution < -0.4 is 10.5 Å². The monoisotopic (exact) mass is 419 g/mol. The van der Waals surface area contributed by atoms with Gasteiger partial charge in [-0.15, -0.1) is 11.3 Å². The molecule has 2 aliphatic rings. The first-order valence-corrected chi connectivity index (χ1v) is 11.9. The molecular formula is C20H25N3O3S2. The van der Waals surface area contributed by atoms with Gasteiger partial charge < -0.3 is 10.4 Å². The minimum Gasteiger partial charge on any atom is -0.385 e. The summed E-state index contributed by atoms with van der Waals surface area (Å²) in [5.41, 5.74) is 4.82. The summed E-state index contributed by atoms with van der Waals surface area (Å²) in [4.78, 5) is 13.6. The maximum atomic E-state index is 13.2. The predicted octanol–water partition coefficient (Wildman–Crippen LogP) is 3.48. The Balaban J connectivity index is 1.78. The third-order valence-electron chi connectivity index (χ3n) is 5.53. The van der Waals surface area contributed by atoms with Crippen molar-refractivity contribution in [2.45, 2.75) is 62.2 Å². The van der Waals surface area contributed by atoms with Crippen LogP contribution in [0.3, 0.4) is 0 Å². The maximum Gasteiger partial charge on any atom is 0.257 e. The van der Waals surface area contributed by atoms with Gasteiger partial charge in [0.2, 0.25) is 0 Å². The lowest BCUT2D eigenvalue weighted by Crippen LogP contribution is -2.19. The lowest BCUT2D eigenvalue weighted by atomic mass is 9.98. The second-order valence-corrected chi connectivity index (χ2v) is 11.1. The number of aliphatic hydroxyl groups is 1. The Kier molecular flexibility index (Phi) is 4.65. The molecule has 0 aliphatic heterocycles. The highest BCUT2D eigenvalue weighted by molar-refractivity contribution is 7.92. The molecule has 150 valence electrons. The van der Waals surface area contributed by atoms with E-state index in [1.807, 2.05) is 0 Å². The van der Waals surface area contributed by atoms with Gasteiger partial charge in [-0.25, -0.2) is 14.1 Å². The van der Waals surface area contributed by atoms with E-state index in [4.69, 9.17) is 9.92 Å². The van der Waals surface area contributed by atoms with Gasteiger partial charge in [-0.3, -0.25) is 4.79 Å². The summed E-state index contributed by atoms with van der Waals surface area (Å²) < 4.78 is 20.1. The van der Waals surface area contributed by atoms with Crippen molar-refractivity contribution >= 4 is 32.8 Å². The SMILES string of the molecule is CC(C)(O)c1cc(C(=O)Nc2c3c(cc4c2CCC4)CCC3)c(S(=N)(N)=O)s1. The molecule has 1 amide bonds. The minimum absolute atomic E-state index is 0.00588. The second-order valence-electron chi connectivity index (χ2n) is 8.16. The number of benzene rings is 1. The van der Waals surface area contributed by atoms with E-state index in [1.54, 1.807) is 13.8 Å². The van der Waals surface area contributed by atoms with E-state index in [0.717, 1.165) is 55.5 Å². The summed E-state index contributed by atoms with van der Waals surface area (Å²) in [7, 11) is -3.59. The molecule has 0 fully saturated rings. The first kappa shape index (κ1) is 19.6. The number of hydrogen-bond acceptors (Lipinski definition) is 5. The summed E-state index contributed by atoms with van der Waals surface area (Å²) in [6.45, 7) is 3.17. The maximum absolute atomic E-state index is 13.2. The molecule has 6 nitrogen and oxygen atoms in total. The molecule has 5 N–H and O–H groups in total. The number of rotatable bonds is 4. The predicted molar refractivity (Wildman–Crippen MR) is 111 cm³/mol. The zero-order valence-corrected chi connectivity index (χ0v) is 17.7. The molecule has 1 aromatic heterocycles. The molecule has 1 atom stereocenters. The van der Waals surface area contributed by atoms with Crippen molar-refractivity contribution in [1.82, 2.24) is 0 Å². The summed E-state index contributed by atoms with van der Waals surface area (Å²) in [5.74, 6) is -0.415. The van der Waals surface area contributed by atoms with Gasteiger partial charge in [0.05, 0.1) is 11.2 Å². The van der Waals surface area contributed by atoms with Crippen LogP contribution in [0.2, 0.25) is 0 Å². The number of carbonyl (C=O) groups excluding carboxylic acids is 1. The molecule has 2 aliphatic carbocycles. The lowest BCUT2D eigenvalue weighted by molar-refractivity contribution is 0.0825. The Morgan fingerprint density at radius 2 is 1.75 bits per heavy atom. The van der Waals surface area contributed by atoms with Crippen molar-refractivity contribution in [2.75, 3.05) is 5.32 Å². The molecule has 28 heavy (non-hydrogen) atoms. The van der Waals surface area contributed by atoms with Gasteiger partial charge in [-0.1, -0.05) is 6.07 Å².